The predicted molar refractivity (Wildman–Crippen MR) is 132 cm³/mol. The van der Waals surface area contributed by atoms with Gasteiger partial charge in [-0.2, -0.15) is 0 Å². The zero-order valence-corrected chi connectivity index (χ0v) is 20.4. The van der Waals surface area contributed by atoms with E-state index in [9.17, 15) is 5.11 Å². The minimum atomic E-state index is -0.620. The van der Waals surface area contributed by atoms with E-state index in [4.69, 9.17) is 27.9 Å². The van der Waals surface area contributed by atoms with Gasteiger partial charge in [0.2, 0.25) is 0 Å². The quantitative estimate of drug-likeness (QED) is 0.514. The topological polar surface area (TPSA) is 40.9 Å². The minimum absolute atomic E-state index is 0.302. The van der Waals surface area contributed by atoms with E-state index in [0.717, 1.165) is 48.1 Å². The molecule has 1 atom stereocenters. The Morgan fingerprint density at radius 2 is 1.84 bits per heavy atom. The number of likely N-dealkylation sites (tertiary alicyclic amines) is 1. The van der Waals surface area contributed by atoms with Crippen LogP contribution >= 0.6 is 23.2 Å². The summed E-state index contributed by atoms with van der Waals surface area (Å²) in [6, 6.07) is 13.9. The third kappa shape index (κ3) is 4.92. The molecule has 0 radical (unpaired) electrons. The minimum Gasteiger partial charge on any atom is -0.486 e. The number of hydrogen-bond donors (Lipinski definition) is 1. The van der Waals surface area contributed by atoms with E-state index in [0.29, 0.717) is 35.0 Å². The molecule has 1 N–H and O–H groups in total. The van der Waals surface area contributed by atoms with Crippen molar-refractivity contribution in [2.24, 2.45) is 7.05 Å². The number of benzene rings is 2. The number of aryl methyl sites for hydroxylation is 1. The Morgan fingerprint density at radius 1 is 1.12 bits per heavy atom. The van der Waals surface area contributed by atoms with Gasteiger partial charge in [-0.25, -0.2) is 0 Å². The largest absolute Gasteiger partial charge is 0.486 e. The summed E-state index contributed by atoms with van der Waals surface area (Å²) in [7, 11) is 6.30. The smallest absolute Gasteiger partial charge is 0.138 e. The molecule has 2 heterocycles. The zero-order chi connectivity index (χ0) is 22.8. The van der Waals surface area contributed by atoms with E-state index in [-0.39, 0.29) is 0 Å². The highest BCUT2D eigenvalue weighted by molar-refractivity contribution is 6.35. The lowest BCUT2D eigenvalue weighted by Gasteiger charge is -2.36. The molecule has 1 fully saturated rings. The van der Waals surface area contributed by atoms with Crippen molar-refractivity contribution in [3.63, 3.8) is 0 Å². The van der Waals surface area contributed by atoms with Crippen molar-refractivity contribution in [2.75, 3.05) is 33.7 Å². The number of piperidine rings is 1. The number of aliphatic hydroxyl groups is 1. The Labute approximate surface area is 200 Å². The Balaban J connectivity index is 1.59. The molecule has 32 heavy (non-hydrogen) atoms. The molecule has 1 unspecified atom stereocenters. The van der Waals surface area contributed by atoms with Crippen molar-refractivity contribution in [3.8, 4) is 5.75 Å². The van der Waals surface area contributed by atoms with Crippen LogP contribution in [-0.4, -0.2) is 59.2 Å². The van der Waals surface area contributed by atoms with Crippen LogP contribution in [-0.2, 0) is 13.7 Å². The van der Waals surface area contributed by atoms with Crippen LogP contribution in [0.4, 0.5) is 0 Å². The van der Waals surface area contributed by atoms with Gasteiger partial charge >= 0.3 is 0 Å². The second-order valence-electron chi connectivity index (χ2n) is 8.79. The zero-order valence-electron chi connectivity index (χ0n) is 18.9. The number of ether oxygens (including phenoxy) is 1. The molecule has 5 nitrogen and oxygen atoms in total. The van der Waals surface area contributed by atoms with E-state index < -0.39 is 6.10 Å². The van der Waals surface area contributed by atoms with Gasteiger partial charge in [-0.3, -0.25) is 0 Å². The molecule has 0 spiro atoms. The summed E-state index contributed by atoms with van der Waals surface area (Å²) in [5.41, 5.74) is 2.94. The normalized spacial score (nSPS) is 16.7. The lowest BCUT2D eigenvalue weighted by Crippen LogP contribution is -2.43. The van der Waals surface area contributed by atoms with Gasteiger partial charge in [0.15, 0.2) is 0 Å². The number of likely N-dealkylation sites (N-methyl/N-ethyl adjacent to an activating group) is 1. The number of aromatic nitrogens is 1. The van der Waals surface area contributed by atoms with E-state index in [1.54, 1.807) is 18.2 Å². The van der Waals surface area contributed by atoms with Crippen LogP contribution in [0, 0.1) is 0 Å². The van der Waals surface area contributed by atoms with Gasteiger partial charge in [0.25, 0.3) is 0 Å². The van der Waals surface area contributed by atoms with Gasteiger partial charge in [0.1, 0.15) is 12.4 Å². The van der Waals surface area contributed by atoms with Crippen molar-refractivity contribution < 1.29 is 9.84 Å². The molecule has 1 aliphatic heterocycles. The molecular weight excluding hydrogens is 445 g/mol. The molecule has 0 amide bonds. The maximum absolute atomic E-state index is 11.4. The fraction of sp³-hybridized carbons (Fsp3) is 0.440. The second-order valence-corrected chi connectivity index (χ2v) is 9.63. The Kier molecular flexibility index (Phi) is 7.33. The van der Waals surface area contributed by atoms with Crippen LogP contribution in [0.25, 0.3) is 10.9 Å². The van der Waals surface area contributed by atoms with Crippen LogP contribution in [0.3, 0.4) is 0 Å². The molecule has 2 aromatic carbocycles. The third-order valence-electron chi connectivity index (χ3n) is 6.64. The lowest BCUT2D eigenvalue weighted by molar-refractivity contribution is 0.0784. The standard InChI is InChI=1S/C25H31Cl2N3O2/c1-28-12-10-18(11-13-28)29(2)15-23(31)25-19-6-4-5-7-21(19)30(3)22(25)16-32-24-9-8-17(26)14-20(24)27/h4-9,14,18,23,31H,10-13,15-16H2,1-3H3. The molecule has 172 valence electrons. The molecule has 1 aromatic heterocycles. The Bertz CT molecular complexity index is 1080. The number of rotatable bonds is 7. The number of aliphatic hydroxyl groups excluding tert-OH is 1. The number of nitrogens with zero attached hydrogens (tertiary/aromatic N) is 3. The number of halogens is 2. The number of para-hydroxylation sites is 1. The summed E-state index contributed by atoms with van der Waals surface area (Å²) < 4.78 is 8.17. The number of hydrogen-bond acceptors (Lipinski definition) is 4. The van der Waals surface area contributed by atoms with Gasteiger partial charge in [-0.15, -0.1) is 0 Å². The second kappa shape index (κ2) is 10.0. The molecule has 0 bridgehead atoms. The van der Waals surface area contributed by atoms with Gasteiger partial charge in [0.05, 0.1) is 16.8 Å². The average molecular weight is 476 g/mol. The van der Waals surface area contributed by atoms with E-state index in [2.05, 4.69) is 40.6 Å². The summed E-state index contributed by atoms with van der Waals surface area (Å²) in [5, 5.41) is 13.5. The van der Waals surface area contributed by atoms with Crippen molar-refractivity contribution in [1.82, 2.24) is 14.4 Å². The number of fused-ring (bicyclic) bond motifs is 1. The highest BCUT2D eigenvalue weighted by Crippen LogP contribution is 2.34. The highest BCUT2D eigenvalue weighted by Gasteiger charge is 2.26. The van der Waals surface area contributed by atoms with Crippen molar-refractivity contribution >= 4 is 34.1 Å². The molecular formula is C25H31Cl2N3O2. The summed E-state index contributed by atoms with van der Waals surface area (Å²) >= 11 is 12.3. The monoisotopic (exact) mass is 475 g/mol. The molecule has 3 aromatic rings. The first-order valence-corrected chi connectivity index (χ1v) is 11.8. The van der Waals surface area contributed by atoms with Crippen LogP contribution in [0.15, 0.2) is 42.5 Å². The summed E-state index contributed by atoms with van der Waals surface area (Å²) in [4.78, 5) is 4.67. The highest BCUT2D eigenvalue weighted by atomic mass is 35.5. The first-order chi connectivity index (χ1) is 15.3. The predicted octanol–water partition coefficient (Wildman–Crippen LogP) is 5.12. The fourth-order valence-electron chi connectivity index (χ4n) is 4.71. The third-order valence-corrected chi connectivity index (χ3v) is 7.17. The summed E-state index contributed by atoms with van der Waals surface area (Å²) in [6.07, 6.45) is 1.63. The molecule has 7 heteroatoms. The van der Waals surface area contributed by atoms with Gasteiger partial charge < -0.3 is 24.2 Å². The SMILES string of the molecule is CN1CCC(N(C)CC(O)c2c(COc3ccc(Cl)cc3Cl)n(C)c3ccccc23)CC1. The maximum atomic E-state index is 11.4. The van der Waals surface area contributed by atoms with E-state index in [1.165, 1.54) is 0 Å². The Hall–Kier alpha value is -1.76. The van der Waals surface area contributed by atoms with E-state index in [1.807, 2.05) is 19.2 Å². The molecule has 1 aliphatic rings. The van der Waals surface area contributed by atoms with Crippen molar-refractivity contribution in [2.45, 2.75) is 31.6 Å². The van der Waals surface area contributed by atoms with Gasteiger partial charge in [0, 0.05) is 41.1 Å². The molecule has 0 saturated carbocycles. The summed E-state index contributed by atoms with van der Waals surface area (Å²) in [5.74, 6) is 0.574. The van der Waals surface area contributed by atoms with Crippen molar-refractivity contribution in [1.29, 1.82) is 0 Å². The summed E-state index contributed by atoms with van der Waals surface area (Å²) in [6.45, 7) is 3.08. The molecule has 1 saturated heterocycles. The first-order valence-electron chi connectivity index (χ1n) is 11.1. The average Bonchev–Trinajstić information content (AvgIpc) is 3.05. The van der Waals surface area contributed by atoms with E-state index >= 15 is 0 Å². The molecule has 0 aliphatic carbocycles. The van der Waals surface area contributed by atoms with Gasteiger partial charge in [-0.05, 0) is 64.3 Å². The van der Waals surface area contributed by atoms with Crippen LogP contribution in [0.1, 0.15) is 30.2 Å². The first kappa shape index (κ1) is 23.4. The maximum Gasteiger partial charge on any atom is 0.138 e. The van der Waals surface area contributed by atoms with Crippen LogP contribution in [0.5, 0.6) is 5.75 Å². The van der Waals surface area contributed by atoms with Crippen LogP contribution in [0.2, 0.25) is 10.0 Å². The van der Waals surface area contributed by atoms with Crippen LogP contribution < -0.4 is 4.74 Å². The van der Waals surface area contributed by atoms with Crippen molar-refractivity contribution in [3.05, 3.63) is 63.8 Å². The lowest BCUT2D eigenvalue weighted by atomic mass is 10.0. The van der Waals surface area contributed by atoms with Gasteiger partial charge in [-0.1, -0.05) is 41.4 Å². The Morgan fingerprint density at radius 3 is 2.56 bits per heavy atom. The molecule has 4 rings (SSSR count). The fourth-order valence-corrected chi connectivity index (χ4v) is 5.17.